The number of amides is 1. The molecule has 1 aliphatic rings. The molecule has 1 rings (SSSR count). The van der Waals surface area contributed by atoms with Gasteiger partial charge in [0, 0.05) is 12.6 Å². The Morgan fingerprint density at radius 3 is 2.73 bits per heavy atom. The van der Waals surface area contributed by atoms with E-state index in [0.717, 1.165) is 26.3 Å². The van der Waals surface area contributed by atoms with Gasteiger partial charge in [-0.25, -0.2) is 0 Å². The summed E-state index contributed by atoms with van der Waals surface area (Å²) >= 11 is 0. The molecule has 0 aromatic carbocycles. The standard InChI is InChI=1S/C9H15F3N2O/c1-6(9(10,11)12)8(15)14-5-7-3-2-4-13-7/h6-7,13H,2-5H2,1H3,(H,14,15). The summed E-state index contributed by atoms with van der Waals surface area (Å²) in [4.78, 5) is 11.1. The molecule has 2 unspecified atom stereocenters. The van der Waals surface area contributed by atoms with Crippen LogP contribution in [0.25, 0.3) is 0 Å². The van der Waals surface area contributed by atoms with Crippen molar-refractivity contribution in [2.24, 2.45) is 5.92 Å². The van der Waals surface area contributed by atoms with Crippen molar-refractivity contribution in [3.05, 3.63) is 0 Å². The summed E-state index contributed by atoms with van der Waals surface area (Å²) in [5.74, 6) is -2.88. The molecule has 6 heteroatoms. The lowest BCUT2D eigenvalue weighted by atomic mass is 10.1. The van der Waals surface area contributed by atoms with Crippen molar-refractivity contribution in [2.75, 3.05) is 13.1 Å². The molecule has 0 aliphatic carbocycles. The van der Waals surface area contributed by atoms with Gasteiger partial charge in [-0.1, -0.05) is 0 Å². The van der Waals surface area contributed by atoms with Crippen molar-refractivity contribution in [3.8, 4) is 0 Å². The predicted octanol–water partition coefficient (Wildman–Crippen LogP) is 1.05. The van der Waals surface area contributed by atoms with Crippen molar-refractivity contribution in [3.63, 3.8) is 0 Å². The molecule has 15 heavy (non-hydrogen) atoms. The second kappa shape index (κ2) is 4.83. The first-order valence-electron chi connectivity index (χ1n) is 4.99. The van der Waals surface area contributed by atoms with Gasteiger partial charge in [-0.2, -0.15) is 13.2 Å². The van der Waals surface area contributed by atoms with Crippen LogP contribution in [0.4, 0.5) is 13.2 Å². The highest BCUT2D eigenvalue weighted by Gasteiger charge is 2.41. The predicted molar refractivity (Wildman–Crippen MR) is 49.3 cm³/mol. The molecule has 1 amide bonds. The molecule has 3 nitrogen and oxygen atoms in total. The lowest BCUT2D eigenvalue weighted by Gasteiger charge is -2.17. The van der Waals surface area contributed by atoms with Crippen molar-refractivity contribution in [2.45, 2.75) is 32.0 Å². The first-order valence-corrected chi connectivity index (χ1v) is 4.99. The van der Waals surface area contributed by atoms with Crippen molar-refractivity contribution in [1.29, 1.82) is 0 Å². The molecule has 0 aromatic heterocycles. The van der Waals surface area contributed by atoms with Gasteiger partial charge in [0.15, 0.2) is 0 Å². The van der Waals surface area contributed by atoms with Crippen LogP contribution in [-0.2, 0) is 4.79 Å². The fraction of sp³-hybridized carbons (Fsp3) is 0.889. The fourth-order valence-electron chi connectivity index (χ4n) is 1.46. The van der Waals surface area contributed by atoms with E-state index in [1.807, 2.05) is 0 Å². The van der Waals surface area contributed by atoms with E-state index in [1.54, 1.807) is 0 Å². The Kier molecular flexibility index (Phi) is 3.96. The Morgan fingerprint density at radius 1 is 1.60 bits per heavy atom. The number of halogens is 3. The SMILES string of the molecule is CC(C(=O)NCC1CCCN1)C(F)(F)F. The fourth-order valence-corrected chi connectivity index (χ4v) is 1.46. The maximum atomic E-state index is 12.1. The zero-order valence-electron chi connectivity index (χ0n) is 8.53. The van der Waals surface area contributed by atoms with E-state index in [1.165, 1.54) is 0 Å². The Balaban J connectivity index is 2.29. The van der Waals surface area contributed by atoms with E-state index in [-0.39, 0.29) is 12.6 Å². The van der Waals surface area contributed by atoms with Crippen LogP contribution in [0.15, 0.2) is 0 Å². The van der Waals surface area contributed by atoms with Gasteiger partial charge in [-0.05, 0) is 26.3 Å². The highest BCUT2D eigenvalue weighted by atomic mass is 19.4. The normalized spacial score (nSPS) is 23.9. The molecule has 0 bridgehead atoms. The second-order valence-corrected chi connectivity index (χ2v) is 3.80. The minimum absolute atomic E-state index is 0.120. The maximum absolute atomic E-state index is 12.1. The van der Waals surface area contributed by atoms with Gasteiger partial charge in [0.1, 0.15) is 5.92 Å². The monoisotopic (exact) mass is 224 g/mol. The molecule has 0 saturated carbocycles. The van der Waals surface area contributed by atoms with Gasteiger partial charge >= 0.3 is 6.18 Å². The van der Waals surface area contributed by atoms with Crippen LogP contribution in [-0.4, -0.2) is 31.2 Å². The molecule has 0 radical (unpaired) electrons. The van der Waals surface area contributed by atoms with Crippen LogP contribution in [0.5, 0.6) is 0 Å². The molecule has 1 fully saturated rings. The molecule has 88 valence electrons. The Bertz CT molecular complexity index is 224. The third kappa shape index (κ3) is 3.70. The van der Waals surface area contributed by atoms with Crippen LogP contribution >= 0.6 is 0 Å². The summed E-state index contributed by atoms with van der Waals surface area (Å²) in [6.45, 7) is 2.02. The van der Waals surface area contributed by atoms with Crippen LogP contribution < -0.4 is 10.6 Å². The lowest BCUT2D eigenvalue weighted by Crippen LogP contribution is -2.43. The van der Waals surface area contributed by atoms with Gasteiger partial charge in [-0.3, -0.25) is 4.79 Å². The van der Waals surface area contributed by atoms with Crippen molar-refractivity contribution < 1.29 is 18.0 Å². The summed E-state index contributed by atoms with van der Waals surface area (Å²) in [5, 5.41) is 5.40. The number of rotatable bonds is 3. The Morgan fingerprint density at radius 2 is 2.27 bits per heavy atom. The molecule has 1 heterocycles. The van der Waals surface area contributed by atoms with E-state index in [2.05, 4.69) is 10.6 Å². The number of carbonyl (C=O) groups excluding carboxylic acids is 1. The average molecular weight is 224 g/mol. The van der Waals surface area contributed by atoms with Gasteiger partial charge in [0.05, 0.1) is 0 Å². The molecule has 1 saturated heterocycles. The van der Waals surface area contributed by atoms with E-state index >= 15 is 0 Å². The number of hydrogen-bond donors (Lipinski definition) is 2. The summed E-state index contributed by atoms with van der Waals surface area (Å²) in [6, 6.07) is 0.120. The van der Waals surface area contributed by atoms with Crippen LogP contribution in [0.1, 0.15) is 19.8 Å². The summed E-state index contributed by atoms with van der Waals surface area (Å²) in [7, 11) is 0. The zero-order chi connectivity index (χ0) is 11.5. The molecule has 2 N–H and O–H groups in total. The first-order chi connectivity index (χ1) is 6.91. The van der Waals surface area contributed by atoms with Gasteiger partial charge in [-0.15, -0.1) is 0 Å². The molecular formula is C9H15F3N2O. The quantitative estimate of drug-likeness (QED) is 0.752. The third-order valence-corrected chi connectivity index (χ3v) is 2.57. The largest absolute Gasteiger partial charge is 0.400 e. The third-order valence-electron chi connectivity index (χ3n) is 2.57. The Hall–Kier alpha value is -0.780. The highest BCUT2D eigenvalue weighted by Crippen LogP contribution is 2.25. The lowest BCUT2D eigenvalue weighted by molar-refractivity contribution is -0.178. The minimum atomic E-state index is -4.45. The molecule has 1 aliphatic heterocycles. The van der Waals surface area contributed by atoms with E-state index in [4.69, 9.17) is 0 Å². The number of alkyl halides is 3. The zero-order valence-corrected chi connectivity index (χ0v) is 8.53. The van der Waals surface area contributed by atoms with Gasteiger partial charge in [0.25, 0.3) is 0 Å². The summed E-state index contributed by atoms with van der Waals surface area (Å²) in [5.41, 5.74) is 0. The minimum Gasteiger partial charge on any atom is -0.354 e. The first kappa shape index (κ1) is 12.3. The van der Waals surface area contributed by atoms with Crippen LogP contribution in [0.2, 0.25) is 0 Å². The average Bonchev–Trinajstić information content (AvgIpc) is 2.63. The number of hydrogen-bond acceptors (Lipinski definition) is 2. The number of carbonyl (C=O) groups is 1. The highest BCUT2D eigenvalue weighted by molar-refractivity contribution is 5.79. The molecule has 0 aromatic rings. The van der Waals surface area contributed by atoms with Crippen molar-refractivity contribution in [1.82, 2.24) is 10.6 Å². The topological polar surface area (TPSA) is 41.1 Å². The van der Waals surface area contributed by atoms with E-state index in [9.17, 15) is 18.0 Å². The van der Waals surface area contributed by atoms with Crippen molar-refractivity contribution >= 4 is 5.91 Å². The van der Waals surface area contributed by atoms with Crippen LogP contribution in [0.3, 0.4) is 0 Å². The molecule has 0 spiro atoms. The van der Waals surface area contributed by atoms with Crippen LogP contribution in [0, 0.1) is 5.92 Å². The maximum Gasteiger partial charge on any atom is 0.400 e. The molecular weight excluding hydrogens is 209 g/mol. The Labute approximate surface area is 86.4 Å². The van der Waals surface area contributed by atoms with E-state index < -0.39 is 18.0 Å². The summed E-state index contributed by atoms with van der Waals surface area (Å²) in [6.07, 6.45) is -2.54. The molecule has 2 atom stereocenters. The van der Waals surface area contributed by atoms with Gasteiger partial charge < -0.3 is 10.6 Å². The smallest absolute Gasteiger partial charge is 0.354 e. The second-order valence-electron chi connectivity index (χ2n) is 3.80. The van der Waals surface area contributed by atoms with E-state index in [0.29, 0.717) is 0 Å². The summed E-state index contributed by atoms with van der Waals surface area (Å²) < 4.78 is 36.4. The number of nitrogens with one attached hydrogen (secondary N) is 2. The van der Waals surface area contributed by atoms with Gasteiger partial charge in [0.2, 0.25) is 5.91 Å².